The molecule has 0 atom stereocenters. The van der Waals surface area contributed by atoms with Crippen LogP contribution in [0.2, 0.25) is 5.02 Å². The van der Waals surface area contributed by atoms with Gasteiger partial charge in [0.05, 0.1) is 6.54 Å². The highest BCUT2D eigenvalue weighted by molar-refractivity contribution is 6.30. The van der Waals surface area contributed by atoms with E-state index < -0.39 is 0 Å². The van der Waals surface area contributed by atoms with Crippen LogP contribution in [-0.4, -0.2) is 16.2 Å². The second kappa shape index (κ2) is 5.59. The summed E-state index contributed by atoms with van der Waals surface area (Å²) < 4.78 is 11.0. The molecular formula is C13H14ClN3O2. The second-order valence-corrected chi connectivity index (χ2v) is 4.93. The molecule has 2 aromatic rings. The molecule has 5 nitrogen and oxygen atoms in total. The van der Waals surface area contributed by atoms with Crippen LogP contribution < -0.4 is 10.1 Å². The van der Waals surface area contributed by atoms with Crippen LogP contribution in [0.1, 0.15) is 24.6 Å². The van der Waals surface area contributed by atoms with Gasteiger partial charge in [0.1, 0.15) is 5.75 Å². The summed E-state index contributed by atoms with van der Waals surface area (Å²) in [4.78, 5) is 0. The number of halogens is 1. The van der Waals surface area contributed by atoms with E-state index in [1.807, 2.05) is 12.1 Å². The van der Waals surface area contributed by atoms with Gasteiger partial charge in [-0.25, -0.2) is 0 Å². The molecule has 1 aromatic carbocycles. The molecule has 1 heterocycles. The predicted molar refractivity (Wildman–Crippen MR) is 69.9 cm³/mol. The van der Waals surface area contributed by atoms with Gasteiger partial charge in [-0.1, -0.05) is 17.7 Å². The zero-order valence-electron chi connectivity index (χ0n) is 10.3. The smallest absolute Gasteiger partial charge is 0.253 e. The summed E-state index contributed by atoms with van der Waals surface area (Å²) in [6.45, 7) is 0.867. The van der Waals surface area contributed by atoms with Crippen molar-refractivity contribution in [3.63, 3.8) is 0 Å². The van der Waals surface area contributed by atoms with Crippen molar-refractivity contribution in [2.75, 3.05) is 0 Å². The number of hydrogen-bond acceptors (Lipinski definition) is 5. The first-order valence-electron chi connectivity index (χ1n) is 6.22. The fourth-order valence-corrected chi connectivity index (χ4v) is 1.82. The van der Waals surface area contributed by atoms with Crippen LogP contribution in [0, 0.1) is 0 Å². The molecule has 0 saturated heterocycles. The lowest BCUT2D eigenvalue weighted by Gasteiger charge is -2.02. The maximum absolute atomic E-state index is 5.87. The van der Waals surface area contributed by atoms with Crippen LogP contribution in [0.25, 0.3) is 0 Å². The van der Waals surface area contributed by atoms with Gasteiger partial charge in [-0.2, -0.15) is 0 Å². The summed E-state index contributed by atoms with van der Waals surface area (Å²) in [6.07, 6.45) is 2.47. The van der Waals surface area contributed by atoms with Crippen molar-refractivity contribution in [3.05, 3.63) is 41.1 Å². The maximum Gasteiger partial charge on any atom is 0.253 e. The Hall–Kier alpha value is -1.59. The van der Waals surface area contributed by atoms with Gasteiger partial charge in [0.15, 0.2) is 6.61 Å². The molecule has 3 rings (SSSR count). The van der Waals surface area contributed by atoms with Crippen molar-refractivity contribution in [2.45, 2.75) is 32.0 Å². The van der Waals surface area contributed by atoms with Crippen LogP contribution in [0.4, 0.5) is 0 Å². The third kappa shape index (κ3) is 3.68. The van der Waals surface area contributed by atoms with Crippen LogP contribution in [0.3, 0.4) is 0 Å². The number of ether oxygens (including phenoxy) is 1. The zero-order chi connectivity index (χ0) is 13.1. The maximum atomic E-state index is 5.87. The molecule has 0 unspecified atom stereocenters. The first-order chi connectivity index (χ1) is 9.29. The number of rotatable bonds is 6. The van der Waals surface area contributed by atoms with E-state index in [1.54, 1.807) is 12.1 Å². The lowest BCUT2D eigenvalue weighted by molar-refractivity contribution is 0.258. The molecule has 0 spiro atoms. The number of benzene rings is 1. The predicted octanol–water partition coefficient (Wildman–Crippen LogP) is 2.55. The monoisotopic (exact) mass is 279 g/mol. The molecule has 1 aromatic heterocycles. The molecule has 0 amide bonds. The number of aromatic nitrogens is 2. The van der Waals surface area contributed by atoms with Crippen LogP contribution in [0.15, 0.2) is 28.7 Å². The van der Waals surface area contributed by atoms with E-state index in [9.17, 15) is 0 Å². The standard InChI is InChI=1S/C13H14ClN3O2/c14-9-2-1-3-11(6-9)18-8-13-17-16-12(19-13)7-15-10-4-5-10/h1-3,6,10,15H,4-5,7-8H2. The number of nitrogens with one attached hydrogen (secondary N) is 1. The first-order valence-corrected chi connectivity index (χ1v) is 6.60. The molecule has 0 radical (unpaired) electrons. The fourth-order valence-electron chi connectivity index (χ4n) is 1.64. The molecule has 19 heavy (non-hydrogen) atoms. The molecule has 1 aliphatic carbocycles. The van der Waals surface area contributed by atoms with E-state index in [0.717, 1.165) is 0 Å². The molecule has 100 valence electrons. The second-order valence-electron chi connectivity index (χ2n) is 4.49. The molecule has 1 fully saturated rings. The van der Waals surface area contributed by atoms with E-state index in [0.29, 0.717) is 35.1 Å². The minimum Gasteiger partial charge on any atom is -0.484 e. The summed E-state index contributed by atoms with van der Waals surface area (Å²) in [6, 6.07) is 7.82. The van der Waals surface area contributed by atoms with Crippen molar-refractivity contribution < 1.29 is 9.15 Å². The van der Waals surface area contributed by atoms with Gasteiger partial charge in [0, 0.05) is 11.1 Å². The van der Waals surface area contributed by atoms with Gasteiger partial charge in [-0.3, -0.25) is 0 Å². The van der Waals surface area contributed by atoms with Gasteiger partial charge in [-0.15, -0.1) is 10.2 Å². The van der Waals surface area contributed by atoms with Crippen molar-refractivity contribution in [1.82, 2.24) is 15.5 Å². The fraction of sp³-hybridized carbons (Fsp3) is 0.385. The minimum atomic E-state index is 0.247. The largest absolute Gasteiger partial charge is 0.484 e. The number of hydrogen-bond donors (Lipinski definition) is 1. The third-order valence-corrected chi connectivity index (χ3v) is 3.02. The summed E-state index contributed by atoms with van der Waals surface area (Å²) in [5.41, 5.74) is 0. The Labute approximate surface area is 115 Å². The van der Waals surface area contributed by atoms with Gasteiger partial charge < -0.3 is 14.5 Å². The van der Waals surface area contributed by atoms with E-state index in [1.165, 1.54) is 12.8 Å². The number of nitrogens with zero attached hydrogens (tertiary/aromatic N) is 2. The lowest BCUT2D eigenvalue weighted by Crippen LogP contribution is -2.15. The summed E-state index contributed by atoms with van der Waals surface area (Å²) >= 11 is 5.87. The van der Waals surface area contributed by atoms with Crippen LogP contribution >= 0.6 is 11.6 Å². The molecule has 0 aliphatic heterocycles. The van der Waals surface area contributed by atoms with E-state index >= 15 is 0 Å². The van der Waals surface area contributed by atoms with Gasteiger partial charge in [-0.05, 0) is 31.0 Å². The highest BCUT2D eigenvalue weighted by Crippen LogP contribution is 2.20. The SMILES string of the molecule is Clc1cccc(OCc2nnc(CNC3CC3)o2)c1. The molecule has 1 saturated carbocycles. The highest BCUT2D eigenvalue weighted by atomic mass is 35.5. The Kier molecular flexibility index (Phi) is 3.66. The molecule has 1 N–H and O–H groups in total. The van der Waals surface area contributed by atoms with E-state index in [4.69, 9.17) is 20.8 Å². The van der Waals surface area contributed by atoms with Gasteiger partial charge >= 0.3 is 0 Å². The lowest BCUT2D eigenvalue weighted by atomic mass is 10.3. The normalized spacial score (nSPS) is 14.6. The molecule has 6 heteroatoms. The summed E-state index contributed by atoms with van der Waals surface area (Å²) in [5.74, 6) is 1.74. The minimum absolute atomic E-state index is 0.247. The van der Waals surface area contributed by atoms with Crippen LogP contribution in [-0.2, 0) is 13.2 Å². The average Bonchev–Trinajstić information content (AvgIpc) is 3.13. The summed E-state index contributed by atoms with van der Waals surface area (Å²) in [7, 11) is 0. The van der Waals surface area contributed by atoms with E-state index in [2.05, 4.69) is 15.5 Å². The van der Waals surface area contributed by atoms with Crippen molar-refractivity contribution in [3.8, 4) is 5.75 Å². The van der Waals surface area contributed by atoms with Crippen molar-refractivity contribution >= 4 is 11.6 Å². The highest BCUT2D eigenvalue weighted by Gasteiger charge is 2.21. The Morgan fingerprint density at radius 2 is 2.16 bits per heavy atom. The summed E-state index contributed by atoms with van der Waals surface area (Å²) in [5, 5.41) is 11.8. The van der Waals surface area contributed by atoms with Crippen molar-refractivity contribution in [1.29, 1.82) is 0 Å². The molecular weight excluding hydrogens is 266 g/mol. The molecule has 1 aliphatic rings. The van der Waals surface area contributed by atoms with Gasteiger partial charge in [0.2, 0.25) is 5.89 Å². The third-order valence-electron chi connectivity index (χ3n) is 2.79. The van der Waals surface area contributed by atoms with Crippen LogP contribution in [0.5, 0.6) is 5.75 Å². The zero-order valence-corrected chi connectivity index (χ0v) is 11.1. The van der Waals surface area contributed by atoms with Crippen molar-refractivity contribution in [2.24, 2.45) is 0 Å². The Bertz CT molecular complexity index is 554. The topological polar surface area (TPSA) is 60.2 Å². The Balaban J connectivity index is 1.51. The first kappa shape index (κ1) is 12.4. The Morgan fingerprint density at radius 3 is 2.95 bits per heavy atom. The Morgan fingerprint density at radius 1 is 1.32 bits per heavy atom. The average molecular weight is 280 g/mol. The van der Waals surface area contributed by atoms with Gasteiger partial charge in [0.25, 0.3) is 5.89 Å². The molecule has 0 bridgehead atoms. The quantitative estimate of drug-likeness (QED) is 0.880. The van der Waals surface area contributed by atoms with E-state index in [-0.39, 0.29) is 6.61 Å².